The van der Waals surface area contributed by atoms with Gasteiger partial charge in [0.1, 0.15) is 12.6 Å². The van der Waals surface area contributed by atoms with Crippen molar-refractivity contribution in [2.45, 2.75) is 26.3 Å². The molecule has 108 valence electrons. The van der Waals surface area contributed by atoms with Gasteiger partial charge >= 0.3 is 5.97 Å². The van der Waals surface area contributed by atoms with Gasteiger partial charge in [-0.1, -0.05) is 13.8 Å². The Labute approximate surface area is 117 Å². The number of esters is 1. The lowest BCUT2D eigenvalue weighted by atomic mass is 10.0. The van der Waals surface area contributed by atoms with Crippen LogP contribution in [0.25, 0.3) is 0 Å². The van der Waals surface area contributed by atoms with Gasteiger partial charge in [-0.25, -0.2) is 4.79 Å². The maximum absolute atomic E-state index is 11.8. The van der Waals surface area contributed by atoms with E-state index in [4.69, 9.17) is 0 Å². The zero-order valence-corrected chi connectivity index (χ0v) is 12.3. The van der Waals surface area contributed by atoms with Gasteiger partial charge in [0.25, 0.3) is 0 Å². The van der Waals surface area contributed by atoms with Crippen molar-refractivity contribution >= 4 is 29.5 Å². The van der Waals surface area contributed by atoms with Crippen molar-refractivity contribution in [1.29, 1.82) is 0 Å². The van der Waals surface area contributed by atoms with Crippen LogP contribution in [-0.2, 0) is 19.1 Å². The molecule has 0 aromatic heterocycles. The average Bonchev–Trinajstić information content (AvgIpc) is 2.72. The van der Waals surface area contributed by atoms with Gasteiger partial charge in [0.05, 0.1) is 18.7 Å². The number of carbonyl (C=O) groups excluding carboxylic acids is 3. The first-order chi connectivity index (χ1) is 8.93. The summed E-state index contributed by atoms with van der Waals surface area (Å²) >= 11 is 1.48. The third-order valence-electron chi connectivity index (χ3n) is 2.69. The van der Waals surface area contributed by atoms with Crippen LogP contribution in [0.4, 0.5) is 0 Å². The number of methoxy groups -OCH3 is 1. The molecular formula is C12H20N2O4S. The number of carbonyl (C=O) groups is 3. The lowest BCUT2D eigenvalue weighted by molar-refractivity contribution is -0.145. The predicted molar refractivity (Wildman–Crippen MR) is 72.4 cm³/mol. The number of hydrogen-bond donors (Lipinski definition) is 1. The molecule has 1 aliphatic heterocycles. The minimum Gasteiger partial charge on any atom is -0.467 e. The highest BCUT2D eigenvalue weighted by molar-refractivity contribution is 8.00. The van der Waals surface area contributed by atoms with Crippen molar-refractivity contribution in [2.75, 3.05) is 25.3 Å². The SMILES string of the molecule is COC(=O)C(CC(C)C)NC(=O)CN1CSCC1=O. The first kappa shape index (κ1) is 15.8. The Morgan fingerprint density at radius 2 is 2.16 bits per heavy atom. The molecule has 0 radical (unpaired) electrons. The van der Waals surface area contributed by atoms with Gasteiger partial charge < -0.3 is 15.0 Å². The second-order valence-corrected chi connectivity index (χ2v) is 5.80. The van der Waals surface area contributed by atoms with E-state index in [2.05, 4.69) is 10.1 Å². The van der Waals surface area contributed by atoms with E-state index in [-0.39, 0.29) is 24.3 Å². The van der Waals surface area contributed by atoms with E-state index in [1.807, 2.05) is 13.8 Å². The van der Waals surface area contributed by atoms with Crippen molar-refractivity contribution in [2.24, 2.45) is 5.92 Å². The van der Waals surface area contributed by atoms with E-state index >= 15 is 0 Å². The Hall–Kier alpha value is -1.24. The van der Waals surface area contributed by atoms with E-state index in [0.29, 0.717) is 18.1 Å². The van der Waals surface area contributed by atoms with E-state index < -0.39 is 12.0 Å². The first-order valence-electron chi connectivity index (χ1n) is 6.16. The van der Waals surface area contributed by atoms with Crippen molar-refractivity contribution < 1.29 is 19.1 Å². The largest absolute Gasteiger partial charge is 0.467 e. The van der Waals surface area contributed by atoms with Gasteiger partial charge in [-0.15, -0.1) is 11.8 Å². The molecule has 19 heavy (non-hydrogen) atoms. The van der Waals surface area contributed by atoms with Crippen LogP contribution in [0.5, 0.6) is 0 Å². The van der Waals surface area contributed by atoms with Crippen LogP contribution in [0, 0.1) is 5.92 Å². The summed E-state index contributed by atoms with van der Waals surface area (Å²) in [7, 11) is 1.29. The van der Waals surface area contributed by atoms with Crippen LogP contribution in [0.2, 0.25) is 0 Å². The second kappa shape index (κ2) is 7.37. The fraction of sp³-hybridized carbons (Fsp3) is 0.750. The molecule has 0 spiro atoms. The topological polar surface area (TPSA) is 75.7 Å². The van der Waals surface area contributed by atoms with Crippen LogP contribution in [-0.4, -0.2) is 54.0 Å². The number of nitrogens with one attached hydrogen (secondary N) is 1. The van der Waals surface area contributed by atoms with Crippen LogP contribution in [0.1, 0.15) is 20.3 Å². The summed E-state index contributed by atoms with van der Waals surface area (Å²) in [6, 6.07) is -0.650. The predicted octanol–water partition coefficient (Wildman–Crippen LogP) is 0.223. The third kappa shape index (κ3) is 5.10. The molecule has 2 amide bonds. The molecule has 1 fully saturated rings. The molecule has 1 N–H and O–H groups in total. The van der Waals surface area contributed by atoms with Gasteiger partial charge in [-0.2, -0.15) is 0 Å². The molecule has 1 aliphatic rings. The van der Waals surface area contributed by atoms with Crippen molar-refractivity contribution in [1.82, 2.24) is 10.2 Å². The van der Waals surface area contributed by atoms with Crippen LogP contribution < -0.4 is 5.32 Å². The molecule has 1 unspecified atom stereocenters. The quantitative estimate of drug-likeness (QED) is 0.708. The number of amides is 2. The number of nitrogens with zero attached hydrogens (tertiary/aromatic N) is 1. The molecule has 0 aliphatic carbocycles. The lowest BCUT2D eigenvalue weighted by Crippen LogP contribution is -2.46. The Balaban J connectivity index is 2.50. The van der Waals surface area contributed by atoms with Crippen LogP contribution >= 0.6 is 11.8 Å². The molecule has 0 saturated carbocycles. The number of thioether (sulfide) groups is 1. The Morgan fingerprint density at radius 1 is 1.47 bits per heavy atom. The molecular weight excluding hydrogens is 268 g/mol. The van der Waals surface area contributed by atoms with Gasteiger partial charge in [-0.3, -0.25) is 9.59 Å². The summed E-state index contributed by atoms with van der Waals surface area (Å²) < 4.78 is 4.67. The van der Waals surface area contributed by atoms with Crippen molar-refractivity contribution in [3.63, 3.8) is 0 Å². The Kier molecular flexibility index (Phi) is 6.14. The monoisotopic (exact) mass is 288 g/mol. The molecule has 1 rings (SSSR count). The zero-order chi connectivity index (χ0) is 14.4. The summed E-state index contributed by atoms with van der Waals surface area (Å²) in [5, 5.41) is 2.63. The molecule has 0 aromatic rings. The van der Waals surface area contributed by atoms with Gasteiger partial charge in [-0.05, 0) is 12.3 Å². The number of rotatable bonds is 6. The fourth-order valence-corrected chi connectivity index (χ4v) is 2.69. The smallest absolute Gasteiger partial charge is 0.328 e. The molecule has 7 heteroatoms. The minimum atomic E-state index is -0.650. The molecule has 1 saturated heterocycles. The minimum absolute atomic E-state index is 0.00256. The van der Waals surface area contributed by atoms with Gasteiger partial charge in [0.2, 0.25) is 11.8 Å². The van der Waals surface area contributed by atoms with Gasteiger partial charge in [0.15, 0.2) is 0 Å². The summed E-state index contributed by atoms with van der Waals surface area (Å²) in [4.78, 5) is 36.3. The molecule has 1 atom stereocenters. The van der Waals surface area contributed by atoms with Crippen molar-refractivity contribution in [3.8, 4) is 0 Å². The normalized spacial score (nSPS) is 16.6. The highest BCUT2D eigenvalue weighted by Gasteiger charge is 2.26. The lowest BCUT2D eigenvalue weighted by Gasteiger charge is -2.20. The highest BCUT2D eigenvalue weighted by atomic mass is 32.2. The fourth-order valence-electron chi connectivity index (χ4n) is 1.78. The Morgan fingerprint density at radius 3 is 2.63 bits per heavy atom. The summed E-state index contributed by atoms with van der Waals surface area (Å²) in [6.07, 6.45) is 0.515. The summed E-state index contributed by atoms with van der Waals surface area (Å²) in [6.45, 7) is 3.92. The standard InChI is InChI=1S/C12H20N2O4S/c1-8(2)4-9(12(17)18-3)13-10(15)5-14-7-19-6-11(14)16/h8-9H,4-7H2,1-3H3,(H,13,15). The zero-order valence-electron chi connectivity index (χ0n) is 11.5. The summed E-state index contributed by atoms with van der Waals surface area (Å²) in [5.41, 5.74) is 0. The third-order valence-corrected chi connectivity index (χ3v) is 3.63. The average molecular weight is 288 g/mol. The summed E-state index contributed by atoms with van der Waals surface area (Å²) in [5.74, 6) is 0.377. The number of hydrogen-bond acceptors (Lipinski definition) is 5. The maximum atomic E-state index is 11.8. The first-order valence-corrected chi connectivity index (χ1v) is 7.32. The van der Waals surface area contributed by atoms with Crippen LogP contribution in [0.3, 0.4) is 0 Å². The number of ether oxygens (including phenoxy) is 1. The molecule has 1 heterocycles. The van der Waals surface area contributed by atoms with Crippen LogP contribution in [0.15, 0.2) is 0 Å². The molecule has 0 aromatic carbocycles. The van der Waals surface area contributed by atoms with E-state index in [1.165, 1.54) is 23.8 Å². The molecule has 6 nitrogen and oxygen atoms in total. The van der Waals surface area contributed by atoms with E-state index in [1.54, 1.807) is 0 Å². The molecule has 0 bridgehead atoms. The van der Waals surface area contributed by atoms with E-state index in [0.717, 1.165) is 0 Å². The van der Waals surface area contributed by atoms with Gasteiger partial charge in [0, 0.05) is 0 Å². The maximum Gasteiger partial charge on any atom is 0.328 e. The Bertz CT molecular complexity index is 360. The second-order valence-electron chi connectivity index (χ2n) is 4.84. The van der Waals surface area contributed by atoms with Crippen molar-refractivity contribution in [3.05, 3.63) is 0 Å². The highest BCUT2D eigenvalue weighted by Crippen LogP contribution is 2.14. The van der Waals surface area contributed by atoms with E-state index in [9.17, 15) is 14.4 Å².